The third-order valence-corrected chi connectivity index (χ3v) is 3.78. The summed E-state index contributed by atoms with van der Waals surface area (Å²) in [5.41, 5.74) is 9.64. The maximum Gasteiger partial charge on any atom is 0.0369 e. The van der Waals surface area contributed by atoms with E-state index in [1.807, 2.05) is 0 Å². The van der Waals surface area contributed by atoms with Gasteiger partial charge >= 0.3 is 0 Å². The first-order chi connectivity index (χ1) is 8.10. The Morgan fingerprint density at radius 3 is 2.41 bits per heavy atom. The number of nitrogens with two attached hydrogens (primary N) is 1. The Morgan fingerprint density at radius 1 is 1.24 bits per heavy atom. The second kappa shape index (κ2) is 5.09. The van der Waals surface area contributed by atoms with E-state index in [1.165, 1.54) is 36.3 Å². The highest BCUT2D eigenvalue weighted by Gasteiger charge is 2.22. The fourth-order valence-corrected chi connectivity index (χ4v) is 2.98. The van der Waals surface area contributed by atoms with Crippen LogP contribution in [0.3, 0.4) is 0 Å². The molecule has 0 spiro atoms. The van der Waals surface area contributed by atoms with Crippen LogP contribution in [0.25, 0.3) is 0 Å². The van der Waals surface area contributed by atoms with Crippen LogP contribution in [0, 0.1) is 18.8 Å². The quantitative estimate of drug-likeness (QED) is 0.849. The van der Waals surface area contributed by atoms with Gasteiger partial charge in [-0.2, -0.15) is 0 Å². The molecular formula is C15H24N2. The highest BCUT2D eigenvalue weighted by Crippen LogP contribution is 2.27. The van der Waals surface area contributed by atoms with Gasteiger partial charge in [-0.25, -0.2) is 0 Å². The molecule has 2 atom stereocenters. The second-order valence-electron chi connectivity index (χ2n) is 5.67. The average Bonchev–Trinajstić information content (AvgIpc) is 2.27. The number of hydrogen-bond acceptors (Lipinski definition) is 2. The molecule has 1 saturated heterocycles. The van der Waals surface area contributed by atoms with Gasteiger partial charge in [-0.05, 0) is 48.4 Å². The van der Waals surface area contributed by atoms with Crippen LogP contribution in [0.4, 0.5) is 5.69 Å². The number of aryl methyl sites for hydroxylation is 1. The van der Waals surface area contributed by atoms with Gasteiger partial charge in [0.15, 0.2) is 0 Å². The average molecular weight is 232 g/mol. The maximum absolute atomic E-state index is 5.71. The molecule has 0 aliphatic carbocycles. The lowest BCUT2D eigenvalue weighted by Gasteiger charge is -2.37. The summed E-state index contributed by atoms with van der Waals surface area (Å²) in [6.07, 6.45) is 1.36. The summed E-state index contributed by atoms with van der Waals surface area (Å²) in [5.74, 6) is 1.60. The summed E-state index contributed by atoms with van der Waals surface area (Å²) in [5, 5.41) is 0. The van der Waals surface area contributed by atoms with Crippen molar-refractivity contribution in [2.75, 3.05) is 18.0 Å². The van der Waals surface area contributed by atoms with Crippen molar-refractivity contribution in [3.63, 3.8) is 0 Å². The highest BCUT2D eigenvalue weighted by molar-refractivity contribution is 5.51. The van der Waals surface area contributed by atoms with Crippen LogP contribution in [0.15, 0.2) is 18.2 Å². The molecule has 1 aromatic rings. The minimum Gasteiger partial charge on any atom is -0.371 e. The smallest absolute Gasteiger partial charge is 0.0369 e. The van der Waals surface area contributed by atoms with Crippen LogP contribution in [0.2, 0.25) is 0 Å². The van der Waals surface area contributed by atoms with Crippen LogP contribution >= 0.6 is 0 Å². The minimum atomic E-state index is 0.638. The maximum atomic E-state index is 5.71. The van der Waals surface area contributed by atoms with Crippen molar-refractivity contribution in [1.82, 2.24) is 0 Å². The minimum absolute atomic E-state index is 0.638. The van der Waals surface area contributed by atoms with E-state index < -0.39 is 0 Å². The predicted molar refractivity (Wildman–Crippen MR) is 74.2 cm³/mol. The van der Waals surface area contributed by atoms with Crippen molar-refractivity contribution in [1.29, 1.82) is 0 Å². The van der Waals surface area contributed by atoms with Crippen molar-refractivity contribution in [2.45, 2.75) is 33.7 Å². The molecule has 1 aromatic carbocycles. The summed E-state index contributed by atoms with van der Waals surface area (Å²) in [6, 6.07) is 6.68. The Balaban J connectivity index is 2.19. The van der Waals surface area contributed by atoms with Gasteiger partial charge in [0, 0.05) is 25.3 Å². The number of hydrogen-bond donors (Lipinski definition) is 1. The summed E-state index contributed by atoms with van der Waals surface area (Å²) in [7, 11) is 0. The van der Waals surface area contributed by atoms with E-state index in [4.69, 9.17) is 5.73 Å². The third-order valence-electron chi connectivity index (χ3n) is 3.78. The first kappa shape index (κ1) is 12.4. The molecule has 0 saturated carbocycles. The summed E-state index contributed by atoms with van der Waals surface area (Å²) in [6.45, 7) is 9.87. The molecule has 94 valence electrons. The Morgan fingerprint density at radius 2 is 1.88 bits per heavy atom. The first-order valence-corrected chi connectivity index (χ1v) is 6.64. The number of anilines is 1. The normalized spacial score (nSPS) is 25.1. The van der Waals surface area contributed by atoms with Crippen molar-refractivity contribution < 1.29 is 0 Å². The molecule has 0 amide bonds. The Bertz CT molecular complexity index is 377. The second-order valence-corrected chi connectivity index (χ2v) is 5.67. The molecular weight excluding hydrogens is 208 g/mol. The van der Waals surface area contributed by atoms with E-state index in [0.29, 0.717) is 6.54 Å². The largest absolute Gasteiger partial charge is 0.371 e. The molecule has 2 unspecified atom stereocenters. The summed E-state index contributed by atoms with van der Waals surface area (Å²) < 4.78 is 0. The van der Waals surface area contributed by atoms with Gasteiger partial charge < -0.3 is 10.6 Å². The lowest BCUT2D eigenvalue weighted by molar-refractivity contribution is 0.357. The number of nitrogens with zero attached hydrogens (tertiary/aromatic N) is 1. The first-order valence-electron chi connectivity index (χ1n) is 6.64. The van der Waals surface area contributed by atoms with Gasteiger partial charge in [-0.3, -0.25) is 0 Å². The van der Waals surface area contributed by atoms with Gasteiger partial charge in [0.25, 0.3) is 0 Å². The SMILES string of the molecule is Cc1cc(N2CC(C)CC(C)C2)ccc1CN. The highest BCUT2D eigenvalue weighted by atomic mass is 15.1. The number of piperidine rings is 1. The summed E-state index contributed by atoms with van der Waals surface area (Å²) in [4.78, 5) is 2.52. The third kappa shape index (κ3) is 2.81. The van der Waals surface area contributed by atoms with E-state index in [0.717, 1.165) is 11.8 Å². The molecule has 0 radical (unpaired) electrons. The molecule has 17 heavy (non-hydrogen) atoms. The Labute approximate surface area is 105 Å². The molecule has 1 aliphatic heterocycles. The summed E-state index contributed by atoms with van der Waals surface area (Å²) >= 11 is 0. The monoisotopic (exact) mass is 232 g/mol. The van der Waals surface area contributed by atoms with Crippen LogP contribution in [-0.4, -0.2) is 13.1 Å². The fourth-order valence-electron chi connectivity index (χ4n) is 2.98. The predicted octanol–water partition coefficient (Wildman–Crippen LogP) is 2.94. The van der Waals surface area contributed by atoms with Gasteiger partial charge in [-0.15, -0.1) is 0 Å². The van der Waals surface area contributed by atoms with Crippen molar-refractivity contribution >= 4 is 5.69 Å². The van der Waals surface area contributed by atoms with Gasteiger partial charge in [0.1, 0.15) is 0 Å². The molecule has 2 nitrogen and oxygen atoms in total. The number of benzene rings is 1. The van der Waals surface area contributed by atoms with E-state index in [2.05, 4.69) is 43.9 Å². The van der Waals surface area contributed by atoms with E-state index in [-0.39, 0.29) is 0 Å². The molecule has 0 aromatic heterocycles. The molecule has 2 rings (SSSR count). The van der Waals surface area contributed by atoms with Crippen LogP contribution in [-0.2, 0) is 6.54 Å². The zero-order valence-electron chi connectivity index (χ0n) is 11.2. The van der Waals surface area contributed by atoms with E-state index in [9.17, 15) is 0 Å². The molecule has 1 heterocycles. The van der Waals surface area contributed by atoms with Crippen molar-refractivity contribution in [3.8, 4) is 0 Å². The zero-order chi connectivity index (χ0) is 12.4. The van der Waals surface area contributed by atoms with Crippen LogP contribution in [0.5, 0.6) is 0 Å². The lowest BCUT2D eigenvalue weighted by Crippen LogP contribution is -2.38. The molecule has 1 aliphatic rings. The fraction of sp³-hybridized carbons (Fsp3) is 0.600. The molecule has 1 fully saturated rings. The van der Waals surface area contributed by atoms with Crippen LogP contribution in [0.1, 0.15) is 31.4 Å². The zero-order valence-corrected chi connectivity index (χ0v) is 11.2. The molecule has 0 bridgehead atoms. The Hall–Kier alpha value is -1.02. The van der Waals surface area contributed by atoms with E-state index >= 15 is 0 Å². The Kier molecular flexibility index (Phi) is 3.72. The number of rotatable bonds is 2. The topological polar surface area (TPSA) is 29.3 Å². The molecule has 2 heteroatoms. The standard InChI is InChI=1S/C15H24N2/c1-11-6-12(2)10-17(9-11)15-5-4-14(8-16)13(3)7-15/h4-5,7,11-12H,6,8-10,16H2,1-3H3. The van der Waals surface area contributed by atoms with Crippen molar-refractivity contribution in [3.05, 3.63) is 29.3 Å². The van der Waals surface area contributed by atoms with Crippen molar-refractivity contribution in [2.24, 2.45) is 17.6 Å². The van der Waals surface area contributed by atoms with Gasteiger partial charge in [0.05, 0.1) is 0 Å². The van der Waals surface area contributed by atoms with Gasteiger partial charge in [-0.1, -0.05) is 19.9 Å². The van der Waals surface area contributed by atoms with E-state index in [1.54, 1.807) is 0 Å². The molecule has 2 N–H and O–H groups in total. The van der Waals surface area contributed by atoms with Crippen LogP contribution < -0.4 is 10.6 Å². The van der Waals surface area contributed by atoms with Gasteiger partial charge in [0.2, 0.25) is 0 Å². The lowest BCUT2D eigenvalue weighted by atomic mass is 9.91.